The van der Waals surface area contributed by atoms with E-state index in [9.17, 15) is 0 Å². The fourth-order valence-corrected chi connectivity index (χ4v) is 2.87. The molecular formula is C17H22N2S. The highest BCUT2D eigenvalue weighted by atomic mass is 32.2. The molecule has 0 aliphatic heterocycles. The van der Waals surface area contributed by atoms with E-state index in [2.05, 4.69) is 79.8 Å². The topological polar surface area (TPSA) is 15.3 Å². The Morgan fingerprint density at radius 3 is 2.50 bits per heavy atom. The first-order valence-electron chi connectivity index (χ1n) is 6.86. The molecule has 0 bridgehead atoms. The molecule has 0 unspecified atom stereocenters. The summed E-state index contributed by atoms with van der Waals surface area (Å²) in [6.45, 7) is 3.11. The summed E-state index contributed by atoms with van der Waals surface area (Å²) in [5.74, 6) is 1.06. The minimum absolute atomic E-state index is 0.968. The van der Waals surface area contributed by atoms with Crippen LogP contribution in [0.3, 0.4) is 0 Å². The van der Waals surface area contributed by atoms with Crippen LogP contribution < -0.4 is 10.2 Å². The predicted octanol–water partition coefficient (Wildman–Crippen LogP) is 4.27. The number of nitrogens with one attached hydrogen (secondary N) is 1. The maximum atomic E-state index is 3.49. The van der Waals surface area contributed by atoms with E-state index in [0.717, 1.165) is 12.3 Å². The fourth-order valence-electron chi connectivity index (χ4n) is 2.08. The van der Waals surface area contributed by atoms with E-state index >= 15 is 0 Å². The molecule has 0 amide bonds. The van der Waals surface area contributed by atoms with E-state index in [0.29, 0.717) is 0 Å². The lowest BCUT2D eigenvalue weighted by molar-refractivity contribution is 1.11. The largest absolute Gasteiger partial charge is 0.384 e. The van der Waals surface area contributed by atoms with E-state index in [1.54, 1.807) is 0 Å². The highest BCUT2D eigenvalue weighted by Gasteiger charge is 2.02. The number of rotatable bonds is 6. The summed E-state index contributed by atoms with van der Waals surface area (Å²) in [6, 6.07) is 17.1. The van der Waals surface area contributed by atoms with Gasteiger partial charge in [-0.05, 0) is 36.8 Å². The molecular weight excluding hydrogens is 264 g/mol. The fraction of sp³-hybridized carbons (Fsp3) is 0.294. The Balaban J connectivity index is 1.84. The third-order valence-electron chi connectivity index (χ3n) is 3.13. The van der Waals surface area contributed by atoms with Gasteiger partial charge in [0.1, 0.15) is 0 Å². The number of anilines is 2. The minimum Gasteiger partial charge on any atom is -0.384 e. The minimum atomic E-state index is 0.968. The Labute approximate surface area is 126 Å². The van der Waals surface area contributed by atoms with Gasteiger partial charge in [-0.15, -0.1) is 11.8 Å². The van der Waals surface area contributed by atoms with Crippen LogP contribution in [0.1, 0.15) is 5.56 Å². The third kappa shape index (κ3) is 4.20. The van der Waals surface area contributed by atoms with Gasteiger partial charge in [0, 0.05) is 42.7 Å². The van der Waals surface area contributed by atoms with E-state index in [1.165, 1.54) is 21.8 Å². The van der Waals surface area contributed by atoms with Crippen LogP contribution in [0.15, 0.2) is 53.4 Å². The molecule has 0 aliphatic rings. The molecule has 20 heavy (non-hydrogen) atoms. The van der Waals surface area contributed by atoms with Crippen molar-refractivity contribution in [2.45, 2.75) is 11.8 Å². The van der Waals surface area contributed by atoms with E-state index < -0.39 is 0 Å². The number of hydrogen-bond acceptors (Lipinski definition) is 3. The average Bonchev–Trinajstić information content (AvgIpc) is 2.46. The molecule has 0 saturated carbocycles. The van der Waals surface area contributed by atoms with E-state index in [-0.39, 0.29) is 0 Å². The van der Waals surface area contributed by atoms with Crippen molar-refractivity contribution in [3.8, 4) is 0 Å². The normalized spacial score (nSPS) is 10.3. The molecule has 0 aliphatic carbocycles. The second-order valence-electron chi connectivity index (χ2n) is 4.98. The van der Waals surface area contributed by atoms with Crippen LogP contribution in [-0.4, -0.2) is 26.4 Å². The smallest absolute Gasteiger partial charge is 0.0411 e. The van der Waals surface area contributed by atoms with E-state index in [1.807, 2.05) is 11.8 Å². The van der Waals surface area contributed by atoms with Gasteiger partial charge in [0.05, 0.1) is 0 Å². The lowest BCUT2D eigenvalue weighted by Gasteiger charge is -2.17. The first-order chi connectivity index (χ1) is 9.66. The zero-order valence-corrected chi connectivity index (χ0v) is 13.2. The molecule has 0 heterocycles. The molecule has 0 fully saturated rings. The highest BCUT2D eigenvalue weighted by molar-refractivity contribution is 7.99. The molecule has 2 aromatic carbocycles. The van der Waals surface area contributed by atoms with Gasteiger partial charge in [-0.2, -0.15) is 0 Å². The second kappa shape index (κ2) is 7.25. The van der Waals surface area contributed by atoms with Gasteiger partial charge in [-0.1, -0.05) is 24.3 Å². The first-order valence-corrected chi connectivity index (χ1v) is 7.85. The molecule has 3 heteroatoms. The lowest BCUT2D eigenvalue weighted by Crippen LogP contribution is -2.11. The number of thioether (sulfide) groups is 1. The highest BCUT2D eigenvalue weighted by Crippen LogP contribution is 2.23. The van der Waals surface area contributed by atoms with Gasteiger partial charge in [-0.25, -0.2) is 0 Å². The Morgan fingerprint density at radius 2 is 1.80 bits per heavy atom. The zero-order valence-electron chi connectivity index (χ0n) is 12.4. The Hall–Kier alpha value is -1.61. The third-order valence-corrected chi connectivity index (χ3v) is 4.15. The molecule has 2 aromatic rings. The van der Waals surface area contributed by atoms with Crippen LogP contribution in [0.4, 0.5) is 11.4 Å². The van der Waals surface area contributed by atoms with Crippen molar-refractivity contribution < 1.29 is 0 Å². The van der Waals surface area contributed by atoms with Crippen molar-refractivity contribution in [2.24, 2.45) is 0 Å². The number of aryl methyl sites for hydroxylation is 1. The van der Waals surface area contributed by atoms with Crippen LogP contribution in [-0.2, 0) is 0 Å². The summed E-state index contributed by atoms with van der Waals surface area (Å²) < 4.78 is 0. The monoisotopic (exact) mass is 286 g/mol. The predicted molar refractivity (Wildman–Crippen MR) is 91.2 cm³/mol. The molecule has 2 rings (SSSR count). The van der Waals surface area contributed by atoms with Gasteiger partial charge < -0.3 is 10.2 Å². The van der Waals surface area contributed by atoms with Crippen molar-refractivity contribution in [1.82, 2.24) is 0 Å². The van der Waals surface area contributed by atoms with Gasteiger partial charge in [0.25, 0.3) is 0 Å². The average molecular weight is 286 g/mol. The van der Waals surface area contributed by atoms with Crippen molar-refractivity contribution in [2.75, 3.05) is 36.6 Å². The molecule has 106 valence electrons. The van der Waals surface area contributed by atoms with Crippen molar-refractivity contribution >= 4 is 23.1 Å². The van der Waals surface area contributed by atoms with Crippen LogP contribution >= 0.6 is 11.8 Å². The maximum Gasteiger partial charge on any atom is 0.0411 e. The van der Waals surface area contributed by atoms with Gasteiger partial charge in [0.15, 0.2) is 0 Å². The van der Waals surface area contributed by atoms with Gasteiger partial charge >= 0.3 is 0 Å². The van der Waals surface area contributed by atoms with Crippen molar-refractivity contribution in [3.63, 3.8) is 0 Å². The SMILES string of the molecule is Cc1ccc(NCCSc2ccccc2)cc1N(C)C. The van der Waals surface area contributed by atoms with Crippen LogP contribution in [0.25, 0.3) is 0 Å². The summed E-state index contributed by atoms with van der Waals surface area (Å²) in [5, 5.41) is 3.49. The van der Waals surface area contributed by atoms with Gasteiger partial charge in [-0.3, -0.25) is 0 Å². The number of benzene rings is 2. The molecule has 2 nitrogen and oxygen atoms in total. The maximum absolute atomic E-state index is 3.49. The molecule has 1 N–H and O–H groups in total. The molecule has 0 radical (unpaired) electrons. The lowest BCUT2D eigenvalue weighted by atomic mass is 10.1. The molecule has 0 atom stereocenters. The zero-order chi connectivity index (χ0) is 14.4. The van der Waals surface area contributed by atoms with Crippen molar-refractivity contribution in [3.05, 3.63) is 54.1 Å². The first kappa shape index (κ1) is 14.8. The Bertz CT molecular complexity index is 538. The quantitative estimate of drug-likeness (QED) is 0.631. The molecule has 0 aromatic heterocycles. The van der Waals surface area contributed by atoms with Crippen LogP contribution in [0, 0.1) is 6.92 Å². The second-order valence-corrected chi connectivity index (χ2v) is 6.15. The summed E-state index contributed by atoms with van der Waals surface area (Å²) in [7, 11) is 4.16. The Kier molecular flexibility index (Phi) is 5.36. The number of nitrogens with zero attached hydrogens (tertiary/aromatic N) is 1. The summed E-state index contributed by atoms with van der Waals surface area (Å²) >= 11 is 1.88. The van der Waals surface area contributed by atoms with Crippen LogP contribution in [0.2, 0.25) is 0 Å². The van der Waals surface area contributed by atoms with Crippen LogP contribution in [0.5, 0.6) is 0 Å². The number of hydrogen-bond donors (Lipinski definition) is 1. The molecule has 0 saturated heterocycles. The standard InChI is InChI=1S/C17H22N2S/c1-14-9-10-15(13-17(14)19(2)3)18-11-12-20-16-7-5-4-6-8-16/h4-10,13,18H,11-12H2,1-3H3. The van der Waals surface area contributed by atoms with Crippen molar-refractivity contribution in [1.29, 1.82) is 0 Å². The molecule has 0 spiro atoms. The van der Waals surface area contributed by atoms with E-state index in [4.69, 9.17) is 0 Å². The summed E-state index contributed by atoms with van der Waals surface area (Å²) in [6.07, 6.45) is 0. The van der Waals surface area contributed by atoms with Gasteiger partial charge in [0.2, 0.25) is 0 Å². The summed E-state index contributed by atoms with van der Waals surface area (Å²) in [5.41, 5.74) is 3.76. The Morgan fingerprint density at radius 1 is 1.05 bits per heavy atom. The summed E-state index contributed by atoms with van der Waals surface area (Å²) in [4.78, 5) is 3.48.